The van der Waals surface area contributed by atoms with Gasteiger partial charge in [0.05, 0.1) is 26.9 Å². The Labute approximate surface area is 190 Å². The van der Waals surface area contributed by atoms with E-state index in [1.54, 1.807) is 14.2 Å². The molecule has 0 saturated heterocycles. The lowest BCUT2D eigenvalue weighted by atomic mass is 10.1. The van der Waals surface area contributed by atoms with Crippen LogP contribution in [-0.4, -0.2) is 26.3 Å². The Morgan fingerprint density at radius 1 is 1.17 bits per heavy atom. The van der Waals surface area contributed by atoms with Gasteiger partial charge in [-0.25, -0.2) is 4.99 Å². The first-order chi connectivity index (χ1) is 13.5. The molecule has 158 valence electrons. The molecule has 0 heterocycles. The van der Waals surface area contributed by atoms with Gasteiger partial charge in [0.1, 0.15) is 5.75 Å². The predicted octanol–water partition coefficient (Wildman–Crippen LogP) is 4.76. The average Bonchev–Trinajstić information content (AvgIpc) is 2.67. The molecule has 0 spiro atoms. The van der Waals surface area contributed by atoms with Crippen molar-refractivity contribution in [3.05, 3.63) is 60.2 Å². The van der Waals surface area contributed by atoms with Crippen LogP contribution in [0, 0.1) is 0 Å². The van der Waals surface area contributed by atoms with Gasteiger partial charge in [0.2, 0.25) is 0 Å². The van der Waals surface area contributed by atoms with Crippen molar-refractivity contribution >= 4 is 35.6 Å². The van der Waals surface area contributed by atoms with E-state index in [1.807, 2.05) is 56.3 Å². The van der Waals surface area contributed by atoms with E-state index in [0.717, 1.165) is 22.6 Å². The minimum Gasteiger partial charge on any atom is -0.493 e. The topological polar surface area (TPSA) is 78.1 Å². The molecule has 0 aliphatic carbocycles. The van der Waals surface area contributed by atoms with E-state index in [-0.39, 0.29) is 30.1 Å². The average molecular weight is 511 g/mol. The van der Waals surface area contributed by atoms with Gasteiger partial charge in [-0.2, -0.15) is 0 Å². The fraction of sp³-hybridized carbons (Fsp3) is 0.318. The first-order valence-electron chi connectivity index (χ1n) is 9.15. The molecule has 6 nitrogen and oxygen atoms in total. The maximum atomic E-state index is 6.03. The van der Waals surface area contributed by atoms with Crippen molar-refractivity contribution in [3.63, 3.8) is 0 Å². The number of allylic oxidation sites excluding steroid dienone is 1. The number of benzene rings is 2. The lowest BCUT2D eigenvalue weighted by Gasteiger charge is -2.14. The third-order valence-corrected chi connectivity index (χ3v) is 3.91. The molecule has 7 heteroatoms. The zero-order valence-corrected chi connectivity index (χ0v) is 19.7. The molecule has 2 aromatic rings. The smallest absolute Gasteiger partial charge is 0.193 e. The molecule has 0 unspecified atom stereocenters. The van der Waals surface area contributed by atoms with Crippen LogP contribution in [0.3, 0.4) is 0 Å². The molecule has 0 fully saturated rings. The first-order valence-corrected chi connectivity index (χ1v) is 9.15. The molecule has 0 aromatic heterocycles. The summed E-state index contributed by atoms with van der Waals surface area (Å²) < 4.78 is 16.5. The van der Waals surface area contributed by atoms with Crippen molar-refractivity contribution in [1.82, 2.24) is 0 Å². The highest BCUT2D eigenvalue weighted by Gasteiger charge is 2.11. The summed E-state index contributed by atoms with van der Waals surface area (Å²) in [6.45, 7) is 8.19. The number of nitrogens with one attached hydrogen (secondary N) is 1. The monoisotopic (exact) mass is 511 g/mol. The van der Waals surface area contributed by atoms with E-state index in [4.69, 9.17) is 19.9 Å². The molecule has 0 radical (unpaired) electrons. The van der Waals surface area contributed by atoms with Crippen LogP contribution in [0.5, 0.6) is 17.2 Å². The van der Waals surface area contributed by atoms with Gasteiger partial charge in [-0.05, 0) is 62.2 Å². The molecule has 3 N–H and O–H groups in total. The largest absolute Gasteiger partial charge is 0.493 e. The number of guanidine groups is 1. The molecule has 2 aromatic carbocycles. The number of nitrogens with zero attached hydrogens (tertiary/aromatic N) is 1. The van der Waals surface area contributed by atoms with Gasteiger partial charge in [-0.3, -0.25) is 0 Å². The standard InChI is InChI=1S/C22H29N3O3.HI/c1-6-7-17-12-16(13-20(26-4)21(17)27-5)14-24-22(23)25-18-8-10-19(11-9-18)28-15(2)3;/h6,8-13,15H,1,7,14H2,2-5H3,(H3,23,24,25);1H. The van der Waals surface area contributed by atoms with Crippen molar-refractivity contribution < 1.29 is 14.2 Å². The van der Waals surface area contributed by atoms with E-state index in [1.165, 1.54) is 0 Å². The number of anilines is 1. The number of methoxy groups -OCH3 is 2. The number of hydrogen-bond acceptors (Lipinski definition) is 4. The van der Waals surface area contributed by atoms with Gasteiger partial charge in [-0.1, -0.05) is 6.08 Å². The molecule has 0 atom stereocenters. The number of rotatable bonds is 9. The summed E-state index contributed by atoms with van der Waals surface area (Å²) in [5.41, 5.74) is 8.84. The van der Waals surface area contributed by atoms with Crippen LogP contribution in [0.4, 0.5) is 5.69 Å². The molecule has 29 heavy (non-hydrogen) atoms. The molecule has 0 aliphatic heterocycles. The quantitative estimate of drug-likeness (QED) is 0.220. The molecule has 0 aliphatic rings. The van der Waals surface area contributed by atoms with E-state index < -0.39 is 0 Å². The third-order valence-electron chi connectivity index (χ3n) is 3.91. The summed E-state index contributed by atoms with van der Waals surface area (Å²) >= 11 is 0. The summed E-state index contributed by atoms with van der Waals surface area (Å²) in [5.74, 6) is 2.53. The number of aliphatic imine (C=N–C) groups is 1. The molecule has 0 bridgehead atoms. The Balaban J connectivity index is 0.00000420. The summed E-state index contributed by atoms with van der Waals surface area (Å²) in [7, 11) is 3.24. The molecular weight excluding hydrogens is 481 g/mol. The molecule has 0 amide bonds. The van der Waals surface area contributed by atoms with Gasteiger partial charge in [0.25, 0.3) is 0 Å². The Morgan fingerprint density at radius 2 is 1.86 bits per heavy atom. The highest BCUT2D eigenvalue weighted by Crippen LogP contribution is 2.33. The minimum absolute atomic E-state index is 0. The summed E-state index contributed by atoms with van der Waals surface area (Å²) in [5, 5.41) is 3.08. The van der Waals surface area contributed by atoms with Crippen LogP contribution < -0.4 is 25.3 Å². The second-order valence-corrected chi connectivity index (χ2v) is 6.50. The Morgan fingerprint density at radius 3 is 2.41 bits per heavy atom. The van der Waals surface area contributed by atoms with Crippen molar-refractivity contribution in [2.75, 3.05) is 19.5 Å². The second kappa shape index (κ2) is 12.2. The normalized spacial score (nSPS) is 10.9. The minimum atomic E-state index is 0. The van der Waals surface area contributed by atoms with Crippen molar-refractivity contribution in [3.8, 4) is 17.2 Å². The van der Waals surface area contributed by atoms with Crippen molar-refractivity contribution in [2.45, 2.75) is 32.9 Å². The fourth-order valence-electron chi connectivity index (χ4n) is 2.76. The van der Waals surface area contributed by atoms with E-state index in [2.05, 4.69) is 16.9 Å². The van der Waals surface area contributed by atoms with Crippen LogP contribution in [-0.2, 0) is 13.0 Å². The van der Waals surface area contributed by atoms with Gasteiger partial charge >= 0.3 is 0 Å². The maximum absolute atomic E-state index is 6.03. The van der Waals surface area contributed by atoms with E-state index in [9.17, 15) is 0 Å². The Bertz CT molecular complexity index is 821. The number of ether oxygens (including phenoxy) is 3. The summed E-state index contributed by atoms with van der Waals surface area (Å²) in [6, 6.07) is 11.5. The van der Waals surface area contributed by atoms with Crippen molar-refractivity contribution in [1.29, 1.82) is 0 Å². The lowest BCUT2D eigenvalue weighted by Crippen LogP contribution is -2.22. The predicted molar refractivity (Wildman–Crippen MR) is 130 cm³/mol. The number of nitrogens with two attached hydrogens (primary N) is 1. The Hall–Kier alpha value is -2.42. The van der Waals surface area contributed by atoms with Crippen LogP contribution >= 0.6 is 24.0 Å². The van der Waals surface area contributed by atoms with E-state index in [0.29, 0.717) is 30.4 Å². The molecular formula is C22H30IN3O3. The van der Waals surface area contributed by atoms with E-state index >= 15 is 0 Å². The van der Waals surface area contributed by atoms with Gasteiger partial charge in [-0.15, -0.1) is 30.6 Å². The van der Waals surface area contributed by atoms with Gasteiger partial charge < -0.3 is 25.3 Å². The highest BCUT2D eigenvalue weighted by atomic mass is 127. The van der Waals surface area contributed by atoms with Gasteiger partial charge in [0.15, 0.2) is 17.5 Å². The summed E-state index contributed by atoms with van der Waals surface area (Å²) in [6.07, 6.45) is 2.64. The van der Waals surface area contributed by atoms with Crippen LogP contribution in [0.25, 0.3) is 0 Å². The first kappa shape index (κ1) is 24.6. The lowest BCUT2D eigenvalue weighted by molar-refractivity contribution is 0.242. The van der Waals surface area contributed by atoms with Crippen molar-refractivity contribution in [2.24, 2.45) is 10.7 Å². The highest BCUT2D eigenvalue weighted by molar-refractivity contribution is 14.0. The SMILES string of the molecule is C=CCc1cc(CN=C(N)Nc2ccc(OC(C)C)cc2)cc(OC)c1OC.I. The zero-order valence-electron chi connectivity index (χ0n) is 17.4. The maximum Gasteiger partial charge on any atom is 0.193 e. The second-order valence-electron chi connectivity index (χ2n) is 6.50. The Kier molecular flexibility index (Phi) is 10.4. The molecule has 0 saturated carbocycles. The summed E-state index contributed by atoms with van der Waals surface area (Å²) in [4.78, 5) is 4.42. The molecule has 2 rings (SSSR count). The zero-order chi connectivity index (χ0) is 20.5. The fourth-order valence-corrected chi connectivity index (χ4v) is 2.76. The number of halogens is 1. The van der Waals surface area contributed by atoms with Crippen LogP contribution in [0.15, 0.2) is 54.0 Å². The third kappa shape index (κ3) is 7.49. The number of hydrogen-bond donors (Lipinski definition) is 2. The van der Waals surface area contributed by atoms with Crippen LogP contribution in [0.1, 0.15) is 25.0 Å². The van der Waals surface area contributed by atoms with Crippen LogP contribution in [0.2, 0.25) is 0 Å². The van der Waals surface area contributed by atoms with Gasteiger partial charge in [0, 0.05) is 11.3 Å².